The molecular weight excluding hydrogens is 425 g/mol. The van der Waals surface area contributed by atoms with Gasteiger partial charge in [-0.2, -0.15) is 5.26 Å². The highest BCUT2D eigenvalue weighted by molar-refractivity contribution is 7.50. The molecule has 0 unspecified atom stereocenters. The second kappa shape index (κ2) is 10.4. The SMILES string of the molecule is N#Cc1ccc(C(=O)N(Cc2ccc(CP(=O)(O)O)cc2)Cc2cccc(CN)c2)cc1. The lowest BCUT2D eigenvalue weighted by Crippen LogP contribution is -2.30. The molecule has 3 rings (SSSR count). The standard InChI is InChI=1S/C24H24N3O4P/c25-13-18-8-10-23(11-9-18)24(28)27(16-22-3-1-2-21(12-22)14-26)15-19-4-6-20(7-5-19)17-32(29,30)31/h1-12H,14-17,26H2,(H2,29,30,31). The second-order valence-electron chi connectivity index (χ2n) is 7.51. The Hall–Kier alpha value is -3.27. The van der Waals surface area contributed by atoms with Crippen LogP contribution in [0.4, 0.5) is 0 Å². The van der Waals surface area contributed by atoms with Crippen LogP contribution in [-0.2, 0) is 30.4 Å². The molecule has 0 saturated heterocycles. The van der Waals surface area contributed by atoms with E-state index in [9.17, 15) is 9.36 Å². The molecule has 1 amide bonds. The predicted molar refractivity (Wildman–Crippen MR) is 121 cm³/mol. The molecule has 0 bridgehead atoms. The van der Waals surface area contributed by atoms with Gasteiger partial charge in [0.2, 0.25) is 0 Å². The van der Waals surface area contributed by atoms with E-state index in [1.54, 1.807) is 53.4 Å². The first-order valence-electron chi connectivity index (χ1n) is 9.97. The van der Waals surface area contributed by atoms with Gasteiger partial charge in [-0.05, 0) is 46.5 Å². The van der Waals surface area contributed by atoms with Gasteiger partial charge < -0.3 is 20.4 Å². The van der Waals surface area contributed by atoms with E-state index in [0.717, 1.165) is 16.7 Å². The van der Waals surface area contributed by atoms with Crippen molar-refractivity contribution in [3.05, 3.63) is 106 Å². The lowest BCUT2D eigenvalue weighted by molar-refractivity contribution is 0.0730. The summed E-state index contributed by atoms with van der Waals surface area (Å²) in [7, 11) is -4.14. The molecule has 0 aliphatic heterocycles. The van der Waals surface area contributed by atoms with Gasteiger partial charge >= 0.3 is 7.60 Å². The fraction of sp³-hybridized carbons (Fsp3) is 0.167. The number of benzene rings is 3. The molecular formula is C24H24N3O4P. The molecule has 0 radical (unpaired) electrons. The third kappa shape index (κ3) is 6.61. The molecule has 4 N–H and O–H groups in total. The molecule has 164 valence electrons. The smallest absolute Gasteiger partial charge is 0.329 e. The highest BCUT2D eigenvalue weighted by Gasteiger charge is 2.18. The zero-order valence-electron chi connectivity index (χ0n) is 17.4. The Bertz CT molecular complexity index is 1170. The van der Waals surface area contributed by atoms with Crippen LogP contribution >= 0.6 is 7.60 Å². The summed E-state index contributed by atoms with van der Waals surface area (Å²) >= 11 is 0. The van der Waals surface area contributed by atoms with E-state index < -0.39 is 7.60 Å². The largest absolute Gasteiger partial charge is 0.330 e. The number of hydrogen-bond acceptors (Lipinski definition) is 4. The number of nitrogens with two attached hydrogens (primary N) is 1. The lowest BCUT2D eigenvalue weighted by atomic mass is 10.1. The summed E-state index contributed by atoms with van der Waals surface area (Å²) in [5, 5.41) is 9.00. The highest BCUT2D eigenvalue weighted by atomic mass is 31.2. The summed E-state index contributed by atoms with van der Waals surface area (Å²) in [6, 6.07) is 23.1. The van der Waals surface area contributed by atoms with E-state index >= 15 is 0 Å². The van der Waals surface area contributed by atoms with Gasteiger partial charge in [-0.15, -0.1) is 0 Å². The van der Waals surface area contributed by atoms with Crippen molar-refractivity contribution in [1.29, 1.82) is 5.26 Å². The van der Waals surface area contributed by atoms with Crippen molar-refractivity contribution in [3.8, 4) is 6.07 Å². The number of carbonyl (C=O) groups is 1. The van der Waals surface area contributed by atoms with Crippen LogP contribution in [0, 0.1) is 11.3 Å². The Morgan fingerprint density at radius 2 is 1.50 bits per heavy atom. The first-order chi connectivity index (χ1) is 15.3. The summed E-state index contributed by atoms with van der Waals surface area (Å²) in [5.41, 5.74) is 9.96. The number of carbonyl (C=O) groups excluding carboxylic acids is 1. The Morgan fingerprint density at radius 3 is 2.09 bits per heavy atom. The van der Waals surface area contributed by atoms with E-state index in [1.165, 1.54) is 0 Å². The summed E-state index contributed by atoms with van der Waals surface area (Å²) in [6.45, 7) is 1.07. The average molecular weight is 449 g/mol. The summed E-state index contributed by atoms with van der Waals surface area (Å²) in [4.78, 5) is 33.3. The summed E-state index contributed by atoms with van der Waals surface area (Å²) in [5.74, 6) is -0.188. The Kier molecular flexibility index (Phi) is 7.57. The van der Waals surface area contributed by atoms with Gasteiger partial charge in [0, 0.05) is 25.2 Å². The lowest BCUT2D eigenvalue weighted by Gasteiger charge is -2.24. The van der Waals surface area contributed by atoms with Gasteiger partial charge in [0.05, 0.1) is 17.8 Å². The monoisotopic (exact) mass is 449 g/mol. The Morgan fingerprint density at radius 1 is 0.906 bits per heavy atom. The number of hydrogen-bond donors (Lipinski definition) is 3. The van der Waals surface area contributed by atoms with Crippen LogP contribution in [0.1, 0.15) is 38.2 Å². The average Bonchev–Trinajstić information content (AvgIpc) is 2.78. The van der Waals surface area contributed by atoms with Gasteiger partial charge in [-0.3, -0.25) is 9.36 Å². The molecule has 7 nitrogen and oxygen atoms in total. The topological polar surface area (TPSA) is 128 Å². The van der Waals surface area contributed by atoms with E-state index in [1.807, 2.05) is 30.3 Å². The van der Waals surface area contributed by atoms with Gasteiger partial charge in [0.25, 0.3) is 5.91 Å². The predicted octanol–water partition coefficient (Wildman–Crippen LogP) is 3.54. The molecule has 0 atom stereocenters. The second-order valence-corrected chi connectivity index (χ2v) is 9.16. The maximum Gasteiger partial charge on any atom is 0.329 e. The van der Waals surface area contributed by atoms with Gasteiger partial charge in [-0.1, -0.05) is 48.5 Å². The zero-order valence-corrected chi connectivity index (χ0v) is 18.3. The van der Waals surface area contributed by atoms with E-state index in [4.69, 9.17) is 20.8 Å². The summed E-state index contributed by atoms with van der Waals surface area (Å²) < 4.78 is 11.2. The third-order valence-electron chi connectivity index (χ3n) is 4.93. The van der Waals surface area contributed by atoms with Crippen LogP contribution in [0.5, 0.6) is 0 Å². The first-order valence-corrected chi connectivity index (χ1v) is 11.8. The fourth-order valence-electron chi connectivity index (χ4n) is 3.35. The van der Waals surface area contributed by atoms with Gasteiger partial charge in [0.15, 0.2) is 0 Å². The molecule has 0 fully saturated rings. The molecule has 32 heavy (non-hydrogen) atoms. The fourth-order valence-corrected chi connectivity index (χ4v) is 4.04. The maximum absolute atomic E-state index is 13.3. The highest BCUT2D eigenvalue weighted by Crippen LogP contribution is 2.38. The van der Waals surface area contributed by atoms with Crippen molar-refractivity contribution in [1.82, 2.24) is 4.90 Å². The van der Waals surface area contributed by atoms with Crippen LogP contribution in [-0.4, -0.2) is 20.6 Å². The van der Waals surface area contributed by atoms with E-state index in [0.29, 0.717) is 36.3 Å². The zero-order chi connectivity index (χ0) is 23.1. The van der Waals surface area contributed by atoms with Crippen LogP contribution in [0.3, 0.4) is 0 Å². The molecule has 0 aliphatic carbocycles. The maximum atomic E-state index is 13.3. The van der Waals surface area contributed by atoms with Crippen molar-refractivity contribution >= 4 is 13.5 Å². The number of nitriles is 1. The van der Waals surface area contributed by atoms with Crippen LogP contribution in [0.2, 0.25) is 0 Å². The van der Waals surface area contributed by atoms with Crippen molar-refractivity contribution in [2.45, 2.75) is 25.8 Å². The van der Waals surface area contributed by atoms with Gasteiger partial charge in [-0.25, -0.2) is 0 Å². The van der Waals surface area contributed by atoms with Crippen molar-refractivity contribution in [3.63, 3.8) is 0 Å². The first kappa shape index (κ1) is 23.4. The van der Waals surface area contributed by atoms with E-state index in [-0.39, 0.29) is 12.1 Å². The number of nitrogens with zero attached hydrogens (tertiary/aromatic N) is 2. The number of amides is 1. The van der Waals surface area contributed by atoms with Crippen molar-refractivity contribution < 1.29 is 19.1 Å². The van der Waals surface area contributed by atoms with Crippen LogP contribution in [0.25, 0.3) is 0 Å². The summed E-state index contributed by atoms with van der Waals surface area (Å²) in [6.07, 6.45) is -0.326. The Labute approximate surface area is 186 Å². The molecule has 0 aliphatic rings. The molecule has 0 aromatic heterocycles. The normalized spacial score (nSPS) is 11.1. The molecule has 8 heteroatoms. The molecule has 0 spiro atoms. The third-order valence-corrected chi connectivity index (χ3v) is 5.71. The molecule has 0 heterocycles. The minimum atomic E-state index is -4.14. The quantitative estimate of drug-likeness (QED) is 0.452. The molecule has 3 aromatic rings. The Balaban J connectivity index is 1.86. The van der Waals surface area contributed by atoms with Gasteiger partial charge in [0.1, 0.15) is 0 Å². The number of rotatable bonds is 8. The van der Waals surface area contributed by atoms with Crippen LogP contribution in [0.15, 0.2) is 72.8 Å². The minimum absolute atomic E-state index is 0.188. The van der Waals surface area contributed by atoms with Crippen molar-refractivity contribution in [2.24, 2.45) is 5.73 Å². The van der Waals surface area contributed by atoms with Crippen LogP contribution < -0.4 is 5.73 Å². The van der Waals surface area contributed by atoms with Crippen molar-refractivity contribution in [2.75, 3.05) is 0 Å². The molecule has 3 aromatic carbocycles. The molecule has 0 saturated carbocycles. The minimum Gasteiger partial charge on any atom is -0.330 e. The van der Waals surface area contributed by atoms with E-state index in [2.05, 4.69) is 0 Å².